The van der Waals surface area contributed by atoms with E-state index in [0.29, 0.717) is 27.9 Å². The van der Waals surface area contributed by atoms with Crippen LogP contribution in [-0.4, -0.2) is 30.6 Å². The van der Waals surface area contributed by atoms with Crippen LogP contribution in [0.2, 0.25) is 0 Å². The van der Waals surface area contributed by atoms with E-state index in [-0.39, 0.29) is 29.6 Å². The van der Waals surface area contributed by atoms with Crippen LogP contribution in [0.15, 0.2) is 73.2 Å². The number of hydrogen-bond acceptors (Lipinski definition) is 6. The molecule has 0 bridgehead atoms. The van der Waals surface area contributed by atoms with Crippen LogP contribution in [0.1, 0.15) is 21.5 Å². The van der Waals surface area contributed by atoms with Crippen LogP contribution in [0.25, 0.3) is 22.3 Å². The Morgan fingerprint density at radius 1 is 1.00 bits per heavy atom. The monoisotopic (exact) mass is 507 g/mol. The van der Waals surface area contributed by atoms with Gasteiger partial charge in [-0.05, 0) is 30.3 Å². The van der Waals surface area contributed by atoms with Crippen LogP contribution < -0.4 is 11.1 Å². The second kappa shape index (κ2) is 9.30. The number of rotatable bonds is 5. The zero-order chi connectivity index (χ0) is 26.2. The summed E-state index contributed by atoms with van der Waals surface area (Å²) in [6, 6.07) is 14.0. The van der Waals surface area contributed by atoms with E-state index in [9.17, 15) is 22.4 Å². The topological polar surface area (TPSA) is 112 Å². The van der Waals surface area contributed by atoms with Gasteiger partial charge >= 0.3 is 6.18 Å². The highest BCUT2D eigenvalue weighted by Crippen LogP contribution is 2.32. The number of aromatic nitrogens is 5. The van der Waals surface area contributed by atoms with Gasteiger partial charge in [-0.1, -0.05) is 30.3 Å². The summed E-state index contributed by atoms with van der Waals surface area (Å²) in [5, 5.41) is 7.40. The second-order valence-corrected chi connectivity index (χ2v) is 8.01. The highest BCUT2D eigenvalue weighted by molar-refractivity contribution is 6.04. The van der Waals surface area contributed by atoms with E-state index in [0.717, 1.165) is 18.3 Å². The van der Waals surface area contributed by atoms with Crippen molar-refractivity contribution in [2.75, 3.05) is 11.1 Å². The molecule has 0 aliphatic carbocycles. The Morgan fingerprint density at radius 3 is 2.49 bits per heavy atom. The molecule has 0 unspecified atom stereocenters. The second-order valence-electron chi connectivity index (χ2n) is 8.01. The predicted octanol–water partition coefficient (Wildman–Crippen LogP) is 4.93. The van der Waals surface area contributed by atoms with Gasteiger partial charge in [-0.2, -0.15) is 18.3 Å². The Bertz CT molecular complexity index is 1610. The molecule has 3 N–H and O–H groups in total. The molecule has 0 saturated carbocycles. The number of carbonyl (C=O) groups excluding carboxylic acids is 1. The normalized spacial score (nSPS) is 11.6. The number of carbonyl (C=O) groups is 1. The van der Waals surface area contributed by atoms with Crippen LogP contribution >= 0.6 is 0 Å². The third-order valence-corrected chi connectivity index (χ3v) is 5.59. The number of nitrogen functional groups attached to an aromatic ring is 1. The molecule has 1 amide bonds. The standard InChI is InChI=1S/C25H17F4N7O/c26-18-4-2-1-3-16(18)12-36-23-20(22(30)32-13-33-23)21(35-36)14-5-7-15(8-6-14)24(37)34-19-11-17(9-10-31-19)25(27,28)29/h1-11,13H,12H2,(H2,30,32,33)(H,31,34,37). The first-order chi connectivity index (χ1) is 17.7. The maximum Gasteiger partial charge on any atom is 0.416 e. The molecule has 12 heteroatoms. The number of anilines is 2. The fourth-order valence-corrected chi connectivity index (χ4v) is 3.77. The predicted molar refractivity (Wildman–Crippen MR) is 128 cm³/mol. The lowest BCUT2D eigenvalue weighted by atomic mass is 10.1. The number of pyridine rings is 1. The van der Waals surface area contributed by atoms with E-state index in [2.05, 4.69) is 25.4 Å². The fraction of sp³-hybridized carbons (Fsp3) is 0.0800. The van der Waals surface area contributed by atoms with Gasteiger partial charge in [0.1, 0.15) is 29.5 Å². The van der Waals surface area contributed by atoms with Crippen LogP contribution in [-0.2, 0) is 12.7 Å². The lowest BCUT2D eigenvalue weighted by molar-refractivity contribution is -0.137. The zero-order valence-corrected chi connectivity index (χ0v) is 18.9. The molecule has 186 valence electrons. The average molecular weight is 507 g/mol. The summed E-state index contributed by atoms with van der Waals surface area (Å²) >= 11 is 0. The van der Waals surface area contributed by atoms with Crippen LogP contribution in [0.3, 0.4) is 0 Å². The summed E-state index contributed by atoms with van der Waals surface area (Å²) in [6.45, 7) is 0.101. The molecule has 0 atom stereocenters. The molecule has 2 aromatic carbocycles. The van der Waals surface area contributed by atoms with Crippen LogP contribution in [0.5, 0.6) is 0 Å². The number of halogens is 4. The minimum atomic E-state index is -4.56. The van der Waals surface area contributed by atoms with Gasteiger partial charge in [-0.25, -0.2) is 24.0 Å². The number of nitrogens with one attached hydrogen (secondary N) is 1. The number of nitrogens with zero attached hydrogens (tertiary/aromatic N) is 5. The molecule has 0 fully saturated rings. The number of amides is 1. The van der Waals surface area contributed by atoms with Crippen molar-refractivity contribution < 1.29 is 22.4 Å². The molecule has 3 heterocycles. The molecule has 0 spiro atoms. The first-order valence-electron chi connectivity index (χ1n) is 10.9. The number of hydrogen-bond donors (Lipinski definition) is 2. The summed E-state index contributed by atoms with van der Waals surface area (Å²) in [7, 11) is 0. The number of fused-ring (bicyclic) bond motifs is 1. The van der Waals surface area contributed by atoms with E-state index < -0.39 is 17.6 Å². The van der Waals surface area contributed by atoms with Crippen molar-refractivity contribution in [3.8, 4) is 11.3 Å². The summed E-state index contributed by atoms with van der Waals surface area (Å²) in [5.41, 5.74) is 7.18. The van der Waals surface area contributed by atoms with Crippen molar-refractivity contribution in [3.63, 3.8) is 0 Å². The Balaban J connectivity index is 1.44. The largest absolute Gasteiger partial charge is 0.416 e. The van der Waals surface area contributed by atoms with Crippen molar-refractivity contribution in [1.29, 1.82) is 0 Å². The van der Waals surface area contributed by atoms with Crippen LogP contribution in [0, 0.1) is 5.82 Å². The van der Waals surface area contributed by atoms with E-state index in [1.807, 2.05) is 0 Å². The van der Waals surface area contributed by atoms with Crippen molar-refractivity contribution in [1.82, 2.24) is 24.7 Å². The number of benzene rings is 2. The molecule has 37 heavy (non-hydrogen) atoms. The first kappa shape index (κ1) is 23.9. The molecular weight excluding hydrogens is 490 g/mol. The van der Waals surface area contributed by atoms with Gasteiger partial charge < -0.3 is 11.1 Å². The lowest BCUT2D eigenvalue weighted by Gasteiger charge is -2.09. The molecule has 3 aromatic heterocycles. The number of nitrogens with two attached hydrogens (primary N) is 1. The van der Waals surface area contributed by atoms with Crippen molar-refractivity contribution in [2.45, 2.75) is 12.7 Å². The summed E-state index contributed by atoms with van der Waals surface area (Å²) in [4.78, 5) is 24.7. The van der Waals surface area contributed by atoms with Crippen molar-refractivity contribution >= 4 is 28.6 Å². The summed E-state index contributed by atoms with van der Waals surface area (Å²) in [5.74, 6) is -1.08. The molecule has 0 radical (unpaired) electrons. The Hall–Kier alpha value is -4.87. The number of alkyl halides is 3. The van der Waals surface area contributed by atoms with Gasteiger partial charge in [-0.3, -0.25) is 4.79 Å². The molecular formula is C25H17F4N7O. The molecule has 0 saturated heterocycles. The van der Waals surface area contributed by atoms with E-state index in [1.165, 1.54) is 29.2 Å². The highest BCUT2D eigenvalue weighted by Gasteiger charge is 2.31. The van der Waals surface area contributed by atoms with E-state index in [4.69, 9.17) is 5.73 Å². The first-order valence-corrected chi connectivity index (χ1v) is 10.9. The molecule has 5 aromatic rings. The smallest absolute Gasteiger partial charge is 0.383 e. The lowest BCUT2D eigenvalue weighted by Crippen LogP contribution is -2.14. The van der Waals surface area contributed by atoms with Gasteiger partial charge in [-0.15, -0.1) is 0 Å². The van der Waals surface area contributed by atoms with Gasteiger partial charge in [0, 0.05) is 22.9 Å². The Morgan fingerprint density at radius 2 is 1.76 bits per heavy atom. The van der Waals surface area contributed by atoms with Gasteiger partial charge in [0.2, 0.25) is 0 Å². The summed E-state index contributed by atoms with van der Waals surface area (Å²) < 4.78 is 54.6. The van der Waals surface area contributed by atoms with E-state index in [1.54, 1.807) is 30.3 Å². The zero-order valence-electron chi connectivity index (χ0n) is 18.9. The third-order valence-electron chi connectivity index (χ3n) is 5.59. The maximum atomic E-state index is 14.2. The minimum Gasteiger partial charge on any atom is -0.383 e. The van der Waals surface area contributed by atoms with E-state index >= 15 is 0 Å². The molecule has 0 aliphatic rings. The third kappa shape index (κ3) is 4.81. The average Bonchev–Trinajstić information content (AvgIpc) is 3.25. The molecule has 8 nitrogen and oxygen atoms in total. The van der Waals surface area contributed by atoms with Crippen molar-refractivity contribution in [2.24, 2.45) is 0 Å². The summed E-state index contributed by atoms with van der Waals surface area (Å²) in [6.07, 6.45) is -2.30. The fourth-order valence-electron chi connectivity index (χ4n) is 3.77. The van der Waals surface area contributed by atoms with Gasteiger partial charge in [0.25, 0.3) is 5.91 Å². The van der Waals surface area contributed by atoms with Gasteiger partial charge in [0.05, 0.1) is 17.5 Å². The maximum absolute atomic E-state index is 14.2. The minimum absolute atomic E-state index is 0.101. The quantitative estimate of drug-likeness (QED) is 0.327. The van der Waals surface area contributed by atoms with Crippen LogP contribution in [0.4, 0.5) is 29.2 Å². The Kier molecular flexibility index (Phi) is 5.99. The Labute approximate surface area is 206 Å². The SMILES string of the molecule is Nc1ncnc2c1c(-c1ccc(C(=O)Nc3cc(C(F)(F)F)ccn3)cc1)nn2Cc1ccccc1F. The highest BCUT2D eigenvalue weighted by atomic mass is 19.4. The van der Waals surface area contributed by atoms with Crippen molar-refractivity contribution in [3.05, 3.63) is 95.7 Å². The molecule has 0 aliphatic heterocycles. The molecule has 5 rings (SSSR count). The van der Waals surface area contributed by atoms with Gasteiger partial charge in [0.15, 0.2) is 5.65 Å².